The molecule has 6 nitrogen and oxygen atoms in total. The van der Waals surface area contributed by atoms with Crippen LogP contribution in [0.5, 0.6) is 0 Å². The Bertz CT molecular complexity index is 341. The fourth-order valence-corrected chi connectivity index (χ4v) is 1.26. The summed E-state index contributed by atoms with van der Waals surface area (Å²) in [4.78, 5) is 21.2. The topological polar surface area (TPSA) is 93.8 Å². The molecule has 0 atom stereocenters. The number of hydrogen-bond acceptors (Lipinski definition) is 4. The molecule has 0 aliphatic heterocycles. The lowest BCUT2D eigenvalue weighted by Crippen LogP contribution is -2.15. The van der Waals surface area contributed by atoms with E-state index in [0.717, 1.165) is 11.8 Å². The van der Waals surface area contributed by atoms with E-state index in [1.807, 2.05) is 0 Å². The Balaban J connectivity index is 2.70. The predicted octanol–water partition coefficient (Wildman–Crippen LogP) is -1.31. The molecule has 0 bridgehead atoms. The predicted molar refractivity (Wildman–Crippen MR) is 43.7 cm³/mol. The summed E-state index contributed by atoms with van der Waals surface area (Å²) in [6.07, 6.45) is 0. The molecule has 3 N–H and O–H groups in total. The molecule has 0 unspecified atom stereocenters. The molecule has 0 saturated carbocycles. The van der Waals surface area contributed by atoms with Gasteiger partial charge in [-0.05, 0) is 0 Å². The molecule has 1 aromatic rings. The Morgan fingerprint density at radius 1 is 1.83 bits per heavy atom. The van der Waals surface area contributed by atoms with Gasteiger partial charge in [-0.2, -0.15) is 0 Å². The lowest BCUT2D eigenvalue weighted by molar-refractivity contribution is -0.115. The average molecular weight is 188 g/mol. The van der Waals surface area contributed by atoms with Gasteiger partial charge in [-0.1, -0.05) is 11.8 Å². The standard InChI is InChI=1S/C5H8N4O2S/c1-9-4(11)7-8-5(9)12-2-3(6)10/h2H2,1H3,(H2,6,10)(H,7,11). The maximum absolute atomic E-state index is 10.8. The number of aromatic nitrogens is 3. The number of nitrogens with zero attached hydrogens (tertiary/aromatic N) is 2. The number of thioether (sulfide) groups is 1. The first kappa shape index (κ1) is 8.85. The smallest absolute Gasteiger partial charge is 0.343 e. The molecule has 0 saturated heterocycles. The Kier molecular flexibility index (Phi) is 2.54. The summed E-state index contributed by atoms with van der Waals surface area (Å²) in [5.74, 6) is -0.312. The summed E-state index contributed by atoms with van der Waals surface area (Å²) in [6, 6.07) is 0. The molecule has 0 aliphatic rings. The van der Waals surface area contributed by atoms with E-state index < -0.39 is 5.91 Å². The number of carbonyl (C=O) groups is 1. The van der Waals surface area contributed by atoms with Gasteiger partial charge in [0, 0.05) is 7.05 Å². The van der Waals surface area contributed by atoms with E-state index in [4.69, 9.17) is 5.73 Å². The van der Waals surface area contributed by atoms with E-state index >= 15 is 0 Å². The third-order valence-electron chi connectivity index (χ3n) is 1.18. The highest BCUT2D eigenvalue weighted by Crippen LogP contribution is 2.09. The van der Waals surface area contributed by atoms with Crippen LogP contribution in [0, 0.1) is 0 Å². The van der Waals surface area contributed by atoms with Crippen LogP contribution in [0.4, 0.5) is 0 Å². The second-order valence-corrected chi connectivity index (χ2v) is 3.07. The van der Waals surface area contributed by atoms with Crippen molar-refractivity contribution in [2.24, 2.45) is 12.8 Å². The molecule has 1 heterocycles. The fourth-order valence-electron chi connectivity index (χ4n) is 0.597. The minimum Gasteiger partial charge on any atom is -0.369 e. The van der Waals surface area contributed by atoms with Crippen molar-refractivity contribution >= 4 is 17.7 Å². The summed E-state index contributed by atoms with van der Waals surface area (Å²) < 4.78 is 1.31. The Morgan fingerprint density at radius 3 is 2.92 bits per heavy atom. The molecule has 0 aliphatic carbocycles. The van der Waals surface area contributed by atoms with Crippen LogP contribution in [0.2, 0.25) is 0 Å². The summed E-state index contributed by atoms with van der Waals surface area (Å²) in [6.45, 7) is 0. The van der Waals surface area contributed by atoms with E-state index in [9.17, 15) is 9.59 Å². The van der Waals surface area contributed by atoms with Gasteiger partial charge in [-0.25, -0.2) is 9.89 Å². The molecule has 0 fully saturated rings. The van der Waals surface area contributed by atoms with Crippen LogP contribution >= 0.6 is 11.8 Å². The van der Waals surface area contributed by atoms with Crippen LogP contribution in [-0.4, -0.2) is 26.4 Å². The largest absolute Gasteiger partial charge is 0.369 e. The first-order valence-corrected chi connectivity index (χ1v) is 4.12. The van der Waals surface area contributed by atoms with Crippen molar-refractivity contribution in [3.63, 3.8) is 0 Å². The Labute approximate surface area is 72.1 Å². The quantitative estimate of drug-likeness (QED) is 0.575. The highest BCUT2D eigenvalue weighted by molar-refractivity contribution is 7.99. The minimum absolute atomic E-state index is 0.123. The zero-order valence-corrected chi connectivity index (χ0v) is 7.22. The molecule has 1 rings (SSSR count). The van der Waals surface area contributed by atoms with Gasteiger partial charge >= 0.3 is 5.69 Å². The van der Waals surface area contributed by atoms with Crippen LogP contribution in [0.25, 0.3) is 0 Å². The van der Waals surface area contributed by atoms with Gasteiger partial charge in [0.1, 0.15) is 0 Å². The van der Waals surface area contributed by atoms with Crippen LogP contribution < -0.4 is 11.4 Å². The van der Waals surface area contributed by atoms with Gasteiger partial charge in [0.05, 0.1) is 5.75 Å². The zero-order valence-electron chi connectivity index (χ0n) is 6.40. The third-order valence-corrected chi connectivity index (χ3v) is 2.23. The number of aromatic amines is 1. The van der Waals surface area contributed by atoms with Gasteiger partial charge in [0.25, 0.3) is 0 Å². The molecule has 66 valence electrons. The van der Waals surface area contributed by atoms with Crippen molar-refractivity contribution < 1.29 is 4.79 Å². The van der Waals surface area contributed by atoms with Crippen molar-refractivity contribution in [2.45, 2.75) is 5.16 Å². The molecule has 0 spiro atoms. The maximum Gasteiger partial charge on any atom is 0.343 e. The number of rotatable bonds is 3. The molecule has 0 aromatic carbocycles. The molecule has 7 heteroatoms. The summed E-state index contributed by atoms with van der Waals surface area (Å²) in [5, 5.41) is 6.37. The fraction of sp³-hybridized carbons (Fsp3) is 0.400. The van der Waals surface area contributed by atoms with E-state index in [-0.39, 0.29) is 11.4 Å². The van der Waals surface area contributed by atoms with Crippen LogP contribution in [0.15, 0.2) is 9.95 Å². The van der Waals surface area contributed by atoms with E-state index in [1.165, 1.54) is 4.57 Å². The van der Waals surface area contributed by atoms with Crippen molar-refractivity contribution in [2.75, 3.05) is 5.75 Å². The van der Waals surface area contributed by atoms with E-state index in [2.05, 4.69) is 10.2 Å². The zero-order chi connectivity index (χ0) is 9.14. The lowest BCUT2D eigenvalue weighted by atomic mass is 10.8. The molecule has 1 amide bonds. The number of nitrogens with two attached hydrogens (primary N) is 1. The first-order chi connectivity index (χ1) is 5.61. The van der Waals surface area contributed by atoms with Gasteiger partial charge < -0.3 is 5.73 Å². The van der Waals surface area contributed by atoms with Crippen molar-refractivity contribution in [3.05, 3.63) is 10.5 Å². The molecular formula is C5H8N4O2S. The summed E-state index contributed by atoms with van der Waals surface area (Å²) >= 11 is 1.12. The SMILES string of the molecule is Cn1c(SCC(N)=O)n[nH]c1=O. The van der Waals surface area contributed by atoms with Crippen molar-refractivity contribution in [1.82, 2.24) is 14.8 Å². The summed E-state index contributed by atoms with van der Waals surface area (Å²) in [7, 11) is 1.56. The van der Waals surface area contributed by atoms with E-state index in [0.29, 0.717) is 5.16 Å². The van der Waals surface area contributed by atoms with Crippen molar-refractivity contribution in [1.29, 1.82) is 0 Å². The normalized spacial score (nSPS) is 10.1. The van der Waals surface area contributed by atoms with Crippen LogP contribution in [-0.2, 0) is 11.8 Å². The Morgan fingerprint density at radius 2 is 2.50 bits per heavy atom. The minimum atomic E-state index is -0.435. The van der Waals surface area contributed by atoms with Crippen LogP contribution in [0.3, 0.4) is 0 Å². The molecule has 12 heavy (non-hydrogen) atoms. The maximum atomic E-state index is 10.8. The second-order valence-electron chi connectivity index (χ2n) is 2.13. The highest BCUT2D eigenvalue weighted by atomic mass is 32.2. The molecular weight excluding hydrogens is 180 g/mol. The van der Waals surface area contributed by atoms with Gasteiger partial charge in [0.2, 0.25) is 5.91 Å². The summed E-state index contributed by atoms with van der Waals surface area (Å²) in [5.41, 5.74) is 4.61. The van der Waals surface area contributed by atoms with E-state index in [1.54, 1.807) is 7.05 Å². The van der Waals surface area contributed by atoms with Crippen molar-refractivity contribution in [3.8, 4) is 0 Å². The number of H-pyrrole nitrogens is 1. The molecule has 0 radical (unpaired) electrons. The number of carbonyl (C=O) groups excluding carboxylic acids is 1. The monoisotopic (exact) mass is 188 g/mol. The third kappa shape index (κ3) is 1.88. The number of amides is 1. The van der Waals surface area contributed by atoms with Gasteiger partial charge in [-0.15, -0.1) is 5.10 Å². The second kappa shape index (κ2) is 3.44. The average Bonchev–Trinajstić information content (AvgIpc) is 2.30. The lowest BCUT2D eigenvalue weighted by Gasteiger charge is -1.94. The van der Waals surface area contributed by atoms with Gasteiger partial charge in [0.15, 0.2) is 5.16 Å². The first-order valence-electron chi connectivity index (χ1n) is 3.13. The van der Waals surface area contributed by atoms with Crippen LogP contribution in [0.1, 0.15) is 0 Å². The Hall–Kier alpha value is -1.24. The number of primary amides is 1. The van der Waals surface area contributed by atoms with Gasteiger partial charge in [-0.3, -0.25) is 9.36 Å². The number of nitrogens with one attached hydrogen (secondary N) is 1. The number of hydrogen-bond donors (Lipinski definition) is 2. The highest BCUT2D eigenvalue weighted by Gasteiger charge is 2.05. The molecule has 1 aromatic heterocycles.